The molecule has 0 fully saturated rings. The summed E-state index contributed by atoms with van der Waals surface area (Å²) in [5.41, 5.74) is 0. The van der Waals surface area contributed by atoms with E-state index in [0.717, 1.165) is 0 Å². The molecule has 0 saturated carbocycles. The number of carbonyl (C=O) groups is 1. The molecule has 0 bridgehead atoms. The highest BCUT2D eigenvalue weighted by Crippen LogP contribution is 2.30. The maximum atomic E-state index is 11.1. The molecule has 0 radical (unpaired) electrons. The lowest BCUT2D eigenvalue weighted by molar-refractivity contribution is -0.116. The predicted octanol–water partition coefficient (Wildman–Crippen LogP) is 2.70. The number of hydrogen-bond acceptors (Lipinski definition) is 2. The number of allylic oxidation sites excluding steroid dienone is 2. The van der Waals surface area contributed by atoms with Gasteiger partial charge in [0.15, 0.2) is 5.78 Å². The summed E-state index contributed by atoms with van der Waals surface area (Å²) in [6.07, 6.45) is 0.455. The second-order valence-corrected chi connectivity index (χ2v) is 5.85. The molecule has 62 valence electrons. The van der Waals surface area contributed by atoms with Gasteiger partial charge < -0.3 is 4.74 Å². The fourth-order valence-corrected chi connectivity index (χ4v) is 2.60. The molecule has 0 aromatic heterocycles. The van der Waals surface area contributed by atoms with Crippen LogP contribution in [-0.4, -0.2) is 16.1 Å². The lowest BCUT2D eigenvalue weighted by Gasteiger charge is -2.17. The van der Waals surface area contributed by atoms with Crippen molar-refractivity contribution in [3.63, 3.8) is 0 Å². The van der Waals surface area contributed by atoms with Gasteiger partial charge in [0.1, 0.15) is 14.0 Å². The highest BCUT2D eigenvalue weighted by molar-refractivity contribution is 9.24. The molecule has 0 amide bonds. The molecule has 0 aromatic rings. The predicted molar refractivity (Wildman–Crippen MR) is 53.2 cm³/mol. The van der Waals surface area contributed by atoms with Gasteiger partial charge in [-0.15, -0.1) is 0 Å². The number of ketones is 1. The fraction of sp³-hybridized carbons (Fsp3) is 0.500. The number of alkyl halides is 2. The average molecular weight is 349 g/mol. The topological polar surface area (TPSA) is 26.3 Å². The Morgan fingerprint density at radius 1 is 1.45 bits per heavy atom. The first-order valence-electron chi connectivity index (χ1n) is 2.96. The van der Waals surface area contributed by atoms with Crippen LogP contribution >= 0.6 is 47.8 Å². The van der Waals surface area contributed by atoms with Crippen LogP contribution in [-0.2, 0) is 9.53 Å². The third-order valence-electron chi connectivity index (χ3n) is 1.25. The number of hydrogen-bond donors (Lipinski definition) is 0. The minimum Gasteiger partial charge on any atom is -0.494 e. The smallest absolute Gasteiger partial charge is 0.176 e. The maximum Gasteiger partial charge on any atom is 0.176 e. The minimum absolute atomic E-state index is 0.0892. The summed E-state index contributed by atoms with van der Waals surface area (Å²) in [6.45, 7) is 0.469. The van der Waals surface area contributed by atoms with Crippen molar-refractivity contribution in [3.8, 4) is 0 Å². The Kier molecular flexibility index (Phi) is 3.58. The van der Waals surface area contributed by atoms with Crippen molar-refractivity contribution in [2.24, 2.45) is 0 Å². The number of Topliss-reactive ketones (excluding diaryl/α,β-unsaturated/α-hetero) is 1. The molecule has 0 N–H and O–H groups in total. The third-order valence-corrected chi connectivity index (χ3v) is 2.91. The lowest BCUT2D eigenvalue weighted by Crippen LogP contribution is -2.16. The van der Waals surface area contributed by atoms with Gasteiger partial charge in [0.25, 0.3) is 0 Å². The van der Waals surface area contributed by atoms with Crippen LogP contribution in [0.4, 0.5) is 0 Å². The van der Waals surface area contributed by atoms with Crippen LogP contribution in [0.15, 0.2) is 10.2 Å². The molecule has 0 saturated heterocycles. The van der Waals surface area contributed by atoms with E-state index >= 15 is 0 Å². The van der Waals surface area contributed by atoms with E-state index in [2.05, 4.69) is 47.8 Å². The Bertz CT molecular complexity index is 210. The summed E-state index contributed by atoms with van der Waals surface area (Å²) in [5, 5.41) is 0. The number of ether oxygens (including phenoxy) is 1. The van der Waals surface area contributed by atoms with E-state index in [1.807, 2.05) is 0 Å². The molecule has 0 aromatic carbocycles. The van der Waals surface area contributed by atoms with Gasteiger partial charge in [-0.2, -0.15) is 0 Å². The van der Waals surface area contributed by atoms with E-state index in [4.69, 9.17) is 4.74 Å². The van der Waals surface area contributed by atoms with Crippen molar-refractivity contribution in [1.29, 1.82) is 0 Å². The Balaban J connectivity index is 2.89. The van der Waals surface area contributed by atoms with Gasteiger partial charge in [-0.05, 0) is 15.9 Å². The lowest BCUT2D eigenvalue weighted by atomic mass is 10.2. The number of carbonyl (C=O) groups excluding carboxylic acids is 1. The van der Waals surface area contributed by atoms with Crippen LogP contribution in [0.2, 0.25) is 0 Å². The molecular formula is C6H5Br3O2. The minimum atomic E-state index is -0.0892. The highest BCUT2D eigenvalue weighted by Gasteiger charge is 2.23. The monoisotopic (exact) mass is 346 g/mol. The van der Waals surface area contributed by atoms with Crippen molar-refractivity contribution in [3.05, 3.63) is 10.2 Å². The molecule has 5 heteroatoms. The fourth-order valence-electron chi connectivity index (χ4n) is 0.723. The van der Waals surface area contributed by atoms with E-state index < -0.39 is 0 Å². The van der Waals surface area contributed by atoms with Crippen molar-refractivity contribution < 1.29 is 9.53 Å². The van der Waals surface area contributed by atoms with Gasteiger partial charge in [-0.25, -0.2) is 0 Å². The van der Waals surface area contributed by atoms with Crippen LogP contribution in [0.5, 0.6) is 0 Å². The molecule has 0 atom stereocenters. The molecule has 0 aliphatic carbocycles. The summed E-state index contributed by atoms with van der Waals surface area (Å²) in [4.78, 5) is 11.1. The summed E-state index contributed by atoms with van der Waals surface area (Å²) < 4.78 is 5.68. The zero-order valence-corrected chi connectivity index (χ0v) is 10.2. The molecule has 2 nitrogen and oxygen atoms in total. The normalized spacial score (nSPS) is 19.1. The summed E-state index contributed by atoms with van der Waals surface area (Å²) in [6, 6.07) is 0. The standard InChI is InChI=1S/C6H5Br3O2/c7-4-3(10)1-2-11-5(4)6(8)9/h6H,1-2H2. The van der Waals surface area contributed by atoms with Crippen LogP contribution in [0.3, 0.4) is 0 Å². The van der Waals surface area contributed by atoms with Crippen molar-refractivity contribution in [2.45, 2.75) is 10.2 Å². The Hall–Kier alpha value is 0.650. The number of rotatable bonds is 1. The van der Waals surface area contributed by atoms with E-state index in [1.54, 1.807) is 0 Å². The van der Waals surface area contributed by atoms with Gasteiger partial charge in [-0.1, -0.05) is 31.9 Å². The van der Waals surface area contributed by atoms with E-state index in [9.17, 15) is 4.79 Å². The summed E-state index contributed by atoms with van der Waals surface area (Å²) >= 11 is 9.68. The molecule has 0 spiro atoms. The third kappa shape index (κ3) is 2.29. The van der Waals surface area contributed by atoms with Crippen molar-refractivity contribution >= 4 is 53.6 Å². The van der Waals surface area contributed by atoms with Gasteiger partial charge in [0.2, 0.25) is 0 Å². The van der Waals surface area contributed by atoms with E-state index in [1.165, 1.54) is 0 Å². The molecular weight excluding hydrogens is 344 g/mol. The van der Waals surface area contributed by atoms with E-state index in [0.29, 0.717) is 23.3 Å². The summed E-state index contributed by atoms with van der Waals surface area (Å²) in [5.74, 6) is 0.719. The highest BCUT2D eigenvalue weighted by atomic mass is 79.9. The zero-order valence-electron chi connectivity index (χ0n) is 5.44. The first kappa shape index (κ1) is 9.74. The molecule has 1 heterocycles. The van der Waals surface area contributed by atoms with Crippen molar-refractivity contribution in [1.82, 2.24) is 0 Å². The molecule has 1 aliphatic heterocycles. The average Bonchev–Trinajstić information content (AvgIpc) is 1.94. The van der Waals surface area contributed by atoms with Gasteiger partial charge in [0, 0.05) is 6.42 Å². The maximum absolute atomic E-state index is 11.1. The van der Waals surface area contributed by atoms with E-state index in [-0.39, 0.29) is 9.52 Å². The second kappa shape index (κ2) is 4.05. The first-order valence-corrected chi connectivity index (χ1v) is 5.59. The van der Waals surface area contributed by atoms with Crippen LogP contribution in [0.25, 0.3) is 0 Å². The molecule has 1 aliphatic rings. The van der Waals surface area contributed by atoms with Crippen molar-refractivity contribution in [2.75, 3.05) is 6.61 Å². The Morgan fingerprint density at radius 2 is 2.09 bits per heavy atom. The molecule has 1 rings (SSSR count). The van der Waals surface area contributed by atoms with Gasteiger partial charge >= 0.3 is 0 Å². The zero-order chi connectivity index (χ0) is 8.43. The van der Waals surface area contributed by atoms with Gasteiger partial charge in [0.05, 0.1) is 6.61 Å². The Morgan fingerprint density at radius 3 is 2.55 bits per heavy atom. The van der Waals surface area contributed by atoms with Crippen LogP contribution in [0, 0.1) is 0 Å². The molecule has 0 unspecified atom stereocenters. The largest absolute Gasteiger partial charge is 0.494 e. The van der Waals surface area contributed by atoms with Gasteiger partial charge in [-0.3, -0.25) is 4.79 Å². The molecule has 11 heavy (non-hydrogen) atoms. The SMILES string of the molecule is O=C1CCOC(C(Br)Br)=C1Br. The summed E-state index contributed by atoms with van der Waals surface area (Å²) in [7, 11) is 0. The quantitative estimate of drug-likeness (QED) is 0.681. The first-order chi connectivity index (χ1) is 5.13. The Labute approximate surface area is 89.7 Å². The van der Waals surface area contributed by atoms with Crippen LogP contribution in [0.1, 0.15) is 6.42 Å². The number of halogens is 3. The van der Waals surface area contributed by atoms with Crippen LogP contribution < -0.4 is 0 Å². The second-order valence-electron chi connectivity index (χ2n) is 2.00.